The predicted molar refractivity (Wildman–Crippen MR) is 95.0 cm³/mol. The van der Waals surface area contributed by atoms with Gasteiger partial charge in [-0.3, -0.25) is 4.90 Å². The fraction of sp³-hybridized carbons (Fsp3) is 0.500. The summed E-state index contributed by atoms with van der Waals surface area (Å²) in [6.07, 6.45) is 6.20. The molecule has 1 aliphatic heterocycles. The highest BCUT2D eigenvalue weighted by molar-refractivity contribution is 5.56. The fourth-order valence-electron chi connectivity index (χ4n) is 3.42. The number of piperidine rings is 1. The standard InChI is InChI=1S/C20H26FN3/c1-14(2)17-6-8-24(9-7-17)13-16-11-22-20(23-12-16)18-10-15(3)4-5-19(18)21/h4-5,10-12,14,17H,6-9,13H2,1-3H3. The molecule has 1 aromatic heterocycles. The van der Waals surface area contributed by atoms with Gasteiger partial charge < -0.3 is 0 Å². The Morgan fingerprint density at radius 2 is 1.83 bits per heavy atom. The number of nitrogens with zero attached hydrogens (tertiary/aromatic N) is 3. The number of hydrogen-bond donors (Lipinski definition) is 0. The summed E-state index contributed by atoms with van der Waals surface area (Å²) in [6.45, 7) is 9.72. The maximum Gasteiger partial charge on any atom is 0.162 e. The van der Waals surface area contributed by atoms with Crippen LogP contribution in [0.1, 0.15) is 37.8 Å². The average Bonchev–Trinajstić information content (AvgIpc) is 2.58. The molecule has 0 N–H and O–H groups in total. The van der Waals surface area contributed by atoms with Crippen LogP contribution < -0.4 is 0 Å². The van der Waals surface area contributed by atoms with Gasteiger partial charge in [0.05, 0.1) is 5.56 Å². The number of aromatic nitrogens is 2. The van der Waals surface area contributed by atoms with Crippen LogP contribution in [0.15, 0.2) is 30.6 Å². The van der Waals surface area contributed by atoms with Crippen LogP contribution in [0.25, 0.3) is 11.4 Å². The van der Waals surface area contributed by atoms with E-state index in [-0.39, 0.29) is 5.82 Å². The summed E-state index contributed by atoms with van der Waals surface area (Å²) in [4.78, 5) is 11.2. The van der Waals surface area contributed by atoms with Crippen LogP contribution in [-0.4, -0.2) is 28.0 Å². The molecule has 0 saturated carbocycles. The zero-order valence-corrected chi connectivity index (χ0v) is 14.8. The summed E-state index contributed by atoms with van der Waals surface area (Å²) in [7, 11) is 0. The Morgan fingerprint density at radius 1 is 1.17 bits per heavy atom. The Kier molecular flexibility index (Phi) is 5.24. The fourth-order valence-corrected chi connectivity index (χ4v) is 3.42. The lowest BCUT2D eigenvalue weighted by molar-refractivity contribution is 0.152. The van der Waals surface area contributed by atoms with Crippen LogP contribution in [0.2, 0.25) is 0 Å². The number of rotatable bonds is 4. The third-order valence-electron chi connectivity index (χ3n) is 5.05. The van der Waals surface area contributed by atoms with Gasteiger partial charge in [0.1, 0.15) is 5.82 Å². The molecule has 1 aliphatic rings. The minimum absolute atomic E-state index is 0.274. The molecule has 3 rings (SSSR count). The number of halogens is 1. The van der Waals surface area contributed by atoms with Crippen molar-refractivity contribution >= 4 is 0 Å². The molecule has 0 radical (unpaired) electrons. The largest absolute Gasteiger partial charge is 0.299 e. The first-order valence-corrected chi connectivity index (χ1v) is 8.82. The summed E-state index contributed by atoms with van der Waals surface area (Å²) in [6, 6.07) is 5.02. The second-order valence-corrected chi connectivity index (χ2v) is 7.26. The number of benzene rings is 1. The minimum atomic E-state index is -0.274. The maximum atomic E-state index is 13.9. The molecule has 0 aliphatic carbocycles. The predicted octanol–water partition coefficient (Wildman–Crippen LogP) is 4.46. The molecule has 0 amide bonds. The molecule has 2 heterocycles. The van der Waals surface area contributed by atoms with Gasteiger partial charge in [0.25, 0.3) is 0 Å². The summed E-state index contributed by atoms with van der Waals surface area (Å²) < 4.78 is 13.9. The highest BCUT2D eigenvalue weighted by Gasteiger charge is 2.21. The van der Waals surface area contributed by atoms with E-state index in [9.17, 15) is 4.39 Å². The van der Waals surface area contributed by atoms with Crippen LogP contribution in [0.4, 0.5) is 4.39 Å². The van der Waals surface area contributed by atoms with Crippen molar-refractivity contribution in [3.8, 4) is 11.4 Å². The molecule has 3 nitrogen and oxygen atoms in total. The summed E-state index contributed by atoms with van der Waals surface area (Å²) in [5, 5.41) is 0. The van der Waals surface area contributed by atoms with E-state index in [1.807, 2.05) is 19.3 Å². The summed E-state index contributed by atoms with van der Waals surface area (Å²) in [5.74, 6) is 1.81. The smallest absolute Gasteiger partial charge is 0.162 e. The monoisotopic (exact) mass is 327 g/mol. The van der Waals surface area contributed by atoms with E-state index in [2.05, 4.69) is 28.7 Å². The molecule has 128 valence electrons. The van der Waals surface area contributed by atoms with E-state index < -0.39 is 0 Å². The normalized spacial score (nSPS) is 16.7. The van der Waals surface area contributed by atoms with Crippen LogP contribution in [-0.2, 0) is 6.54 Å². The van der Waals surface area contributed by atoms with Gasteiger partial charge >= 0.3 is 0 Å². The lowest BCUT2D eigenvalue weighted by Crippen LogP contribution is -2.34. The van der Waals surface area contributed by atoms with Crippen LogP contribution in [0, 0.1) is 24.6 Å². The van der Waals surface area contributed by atoms with Crippen molar-refractivity contribution in [2.24, 2.45) is 11.8 Å². The molecule has 1 fully saturated rings. The van der Waals surface area contributed by atoms with Crippen molar-refractivity contribution in [1.29, 1.82) is 0 Å². The zero-order valence-electron chi connectivity index (χ0n) is 14.8. The number of aryl methyl sites for hydroxylation is 1. The van der Waals surface area contributed by atoms with Crippen LogP contribution >= 0.6 is 0 Å². The van der Waals surface area contributed by atoms with E-state index in [0.29, 0.717) is 11.4 Å². The van der Waals surface area contributed by atoms with Gasteiger partial charge in [-0.15, -0.1) is 0 Å². The maximum absolute atomic E-state index is 13.9. The van der Waals surface area contributed by atoms with Gasteiger partial charge in [-0.25, -0.2) is 14.4 Å². The molecule has 1 saturated heterocycles. The van der Waals surface area contributed by atoms with Gasteiger partial charge in [0.2, 0.25) is 0 Å². The van der Waals surface area contributed by atoms with Gasteiger partial charge in [0, 0.05) is 24.5 Å². The molecular weight excluding hydrogens is 301 g/mol. The summed E-state index contributed by atoms with van der Waals surface area (Å²) in [5.41, 5.74) is 2.57. The van der Waals surface area contributed by atoms with Crippen LogP contribution in [0.5, 0.6) is 0 Å². The summed E-state index contributed by atoms with van der Waals surface area (Å²) >= 11 is 0. The van der Waals surface area contributed by atoms with Gasteiger partial charge in [-0.05, 0) is 56.8 Å². The Bertz CT molecular complexity index is 674. The first-order valence-electron chi connectivity index (χ1n) is 8.82. The van der Waals surface area contributed by atoms with Crippen LogP contribution in [0.3, 0.4) is 0 Å². The van der Waals surface area contributed by atoms with E-state index >= 15 is 0 Å². The SMILES string of the molecule is Cc1ccc(F)c(-c2ncc(CN3CCC(C(C)C)CC3)cn2)c1. The van der Waals surface area contributed by atoms with E-state index in [4.69, 9.17) is 0 Å². The van der Waals surface area contributed by atoms with Gasteiger partial charge in [-0.1, -0.05) is 25.5 Å². The molecular formula is C20H26FN3. The Morgan fingerprint density at radius 3 is 2.46 bits per heavy atom. The first kappa shape index (κ1) is 17.0. The molecule has 0 spiro atoms. The number of hydrogen-bond acceptors (Lipinski definition) is 3. The Balaban J connectivity index is 1.64. The highest BCUT2D eigenvalue weighted by Crippen LogP contribution is 2.25. The van der Waals surface area contributed by atoms with Gasteiger partial charge in [-0.2, -0.15) is 0 Å². The van der Waals surface area contributed by atoms with Crippen molar-refractivity contribution in [1.82, 2.24) is 14.9 Å². The molecule has 4 heteroatoms. The average molecular weight is 327 g/mol. The van der Waals surface area contributed by atoms with Crippen molar-refractivity contribution < 1.29 is 4.39 Å². The van der Waals surface area contributed by atoms with Gasteiger partial charge in [0.15, 0.2) is 5.82 Å². The minimum Gasteiger partial charge on any atom is -0.299 e. The van der Waals surface area contributed by atoms with Crippen molar-refractivity contribution in [2.75, 3.05) is 13.1 Å². The van der Waals surface area contributed by atoms with E-state index in [0.717, 1.165) is 42.6 Å². The Labute approximate surface area is 143 Å². The third kappa shape index (κ3) is 3.99. The van der Waals surface area contributed by atoms with E-state index in [1.165, 1.54) is 18.9 Å². The quantitative estimate of drug-likeness (QED) is 0.830. The topological polar surface area (TPSA) is 29.0 Å². The van der Waals surface area contributed by atoms with Crippen molar-refractivity contribution in [2.45, 2.75) is 40.2 Å². The first-order chi connectivity index (χ1) is 11.5. The van der Waals surface area contributed by atoms with Crippen molar-refractivity contribution in [3.63, 3.8) is 0 Å². The highest BCUT2D eigenvalue weighted by atomic mass is 19.1. The molecule has 0 bridgehead atoms. The third-order valence-corrected chi connectivity index (χ3v) is 5.05. The number of likely N-dealkylation sites (tertiary alicyclic amines) is 1. The zero-order chi connectivity index (χ0) is 17.1. The molecule has 0 unspecified atom stereocenters. The lowest BCUT2D eigenvalue weighted by Gasteiger charge is -2.33. The molecule has 0 atom stereocenters. The molecule has 24 heavy (non-hydrogen) atoms. The second kappa shape index (κ2) is 7.39. The molecule has 2 aromatic rings. The van der Waals surface area contributed by atoms with E-state index in [1.54, 1.807) is 12.1 Å². The lowest BCUT2D eigenvalue weighted by atomic mass is 9.87. The molecule has 1 aromatic carbocycles. The van der Waals surface area contributed by atoms with Crippen molar-refractivity contribution in [3.05, 3.63) is 47.5 Å². The Hall–Kier alpha value is -1.81. The second-order valence-electron chi connectivity index (χ2n) is 7.26.